The van der Waals surface area contributed by atoms with E-state index in [0.29, 0.717) is 5.69 Å². The Labute approximate surface area is 119 Å². The molecule has 1 aromatic carbocycles. The first kappa shape index (κ1) is 16.9. The Morgan fingerprint density at radius 2 is 1.85 bits per heavy atom. The standard InChI is InChI=1S/C16H24F3N/c1-4-5-6-7-8-13(3)20-14-10-9-12(2)15(11-14)16(17,18)19/h9-11,13,20H,4-8H2,1-3H3. The second-order valence-corrected chi connectivity index (χ2v) is 5.42. The van der Waals surface area contributed by atoms with E-state index in [1.165, 1.54) is 38.3 Å². The first-order chi connectivity index (χ1) is 9.34. The Morgan fingerprint density at radius 1 is 1.15 bits per heavy atom. The van der Waals surface area contributed by atoms with Gasteiger partial charge in [-0.25, -0.2) is 0 Å². The molecule has 0 radical (unpaired) electrons. The van der Waals surface area contributed by atoms with Crippen molar-refractivity contribution in [2.45, 2.75) is 65.1 Å². The van der Waals surface area contributed by atoms with Crippen molar-refractivity contribution in [3.05, 3.63) is 29.3 Å². The number of alkyl halides is 3. The van der Waals surface area contributed by atoms with Crippen LogP contribution in [0.4, 0.5) is 18.9 Å². The molecule has 0 fully saturated rings. The lowest BCUT2D eigenvalue weighted by Gasteiger charge is -2.17. The van der Waals surface area contributed by atoms with E-state index in [2.05, 4.69) is 12.2 Å². The third-order valence-electron chi connectivity index (χ3n) is 3.45. The highest BCUT2D eigenvalue weighted by Gasteiger charge is 2.32. The number of anilines is 1. The summed E-state index contributed by atoms with van der Waals surface area (Å²) in [6.07, 6.45) is 1.40. The summed E-state index contributed by atoms with van der Waals surface area (Å²) in [7, 11) is 0. The molecule has 0 aromatic heterocycles. The fraction of sp³-hybridized carbons (Fsp3) is 0.625. The second-order valence-electron chi connectivity index (χ2n) is 5.42. The van der Waals surface area contributed by atoms with Crippen molar-refractivity contribution >= 4 is 5.69 Å². The molecular weight excluding hydrogens is 263 g/mol. The molecule has 1 atom stereocenters. The minimum absolute atomic E-state index is 0.190. The van der Waals surface area contributed by atoms with Crippen LogP contribution >= 0.6 is 0 Å². The van der Waals surface area contributed by atoms with E-state index in [4.69, 9.17) is 0 Å². The molecular formula is C16H24F3N. The van der Waals surface area contributed by atoms with Gasteiger partial charge < -0.3 is 5.32 Å². The fourth-order valence-electron chi connectivity index (χ4n) is 2.25. The summed E-state index contributed by atoms with van der Waals surface area (Å²) >= 11 is 0. The van der Waals surface area contributed by atoms with Crippen LogP contribution in [0.5, 0.6) is 0 Å². The van der Waals surface area contributed by atoms with Crippen LogP contribution < -0.4 is 5.32 Å². The topological polar surface area (TPSA) is 12.0 Å². The first-order valence-electron chi connectivity index (χ1n) is 7.29. The van der Waals surface area contributed by atoms with Crippen LogP contribution in [-0.4, -0.2) is 6.04 Å². The zero-order valence-corrected chi connectivity index (χ0v) is 12.5. The van der Waals surface area contributed by atoms with Gasteiger partial charge in [0.1, 0.15) is 0 Å². The van der Waals surface area contributed by atoms with Crippen LogP contribution in [-0.2, 0) is 6.18 Å². The van der Waals surface area contributed by atoms with Gasteiger partial charge in [0.05, 0.1) is 5.56 Å². The van der Waals surface area contributed by atoms with Crippen molar-refractivity contribution in [1.82, 2.24) is 0 Å². The van der Waals surface area contributed by atoms with Gasteiger partial charge in [-0.1, -0.05) is 38.7 Å². The molecule has 0 amide bonds. The zero-order chi connectivity index (χ0) is 15.2. The highest BCUT2D eigenvalue weighted by atomic mass is 19.4. The molecule has 1 unspecified atom stereocenters. The molecule has 1 rings (SSSR count). The predicted octanol–water partition coefficient (Wildman–Crippen LogP) is 5.78. The van der Waals surface area contributed by atoms with Gasteiger partial charge in [0.25, 0.3) is 0 Å². The Hall–Kier alpha value is -1.19. The molecule has 114 valence electrons. The molecule has 1 nitrogen and oxygen atoms in total. The van der Waals surface area contributed by atoms with Crippen molar-refractivity contribution in [2.75, 3.05) is 5.32 Å². The van der Waals surface area contributed by atoms with E-state index >= 15 is 0 Å². The number of hydrogen-bond acceptors (Lipinski definition) is 1. The van der Waals surface area contributed by atoms with Crippen LogP contribution in [0.25, 0.3) is 0 Å². The van der Waals surface area contributed by atoms with Gasteiger partial charge >= 0.3 is 6.18 Å². The van der Waals surface area contributed by atoms with Crippen LogP contribution in [0, 0.1) is 6.92 Å². The van der Waals surface area contributed by atoms with Gasteiger partial charge in [0.2, 0.25) is 0 Å². The SMILES string of the molecule is CCCCCCC(C)Nc1ccc(C)c(C(F)(F)F)c1. The van der Waals surface area contributed by atoms with Gasteiger partial charge in [-0.2, -0.15) is 13.2 Å². The molecule has 0 aliphatic carbocycles. The Kier molecular flexibility index (Phi) is 6.37. The van der Waals surface area contributed by atoms with Crippen LogP contribution in [0.2, 0.25) is 0 Å². The minimum Gasteiger partial charge on any atom is -0.383 e. The van der Waals surface area contributed by atoms with Gasteiger partial charge in [-0.05, 0) is 38.0 Å². The Balaban J connectivity index is 2.60. The van der Waals surface area contributed by atoms with Gasteiger partial charge in [-0.3, -0.25) is 0 Å². The van der Waals surface area contributed by atoms with Gasteiger partial charge in [0, 0.05) is 11.7 Å². The normalized spacial score (nSPS) is 13.3. The molecule has 0 saturated carbocycles. The average Bonchev–Trinajstić information content (AvgIpc) is 2.36. The maximum atomic E-state index is 12.8. The number of hydrogen-bond donors (Lipinski definition) is 1. The third-order valence-corrected chi connectivity index (χ3v) is 3.45. The van der Waals surface area contributed by atoms with Crippen LogP contribution in [0.15, 0.2) is 18.2 Å². The van der Waals surface area contributed by atoms with E-state index in [1.54, 1.807) is 6.07 Å². The van der Waals surface area contributed by atoms with Crippen molar-refractivity contribution in [2.24, 2.45) is 0 Å². The van der Waals surface area contributed by atoms with Crippen LogP contribution in [0.1, 0.15) is 57.1 Å². The number of aryl methyl sites for hydroxylation is 1. The molecule has 1 N–H and O–H groups in total. The number of halogens is 3. The zero-order valence-electron chi connectivity index (χ0n) is 12.5. The lowest BCUT2D eigenvalue weighted by molar-refractivity contribution is -0.138. The largest absolute Gasteiger partial charge is 0.416 e. The molecule has 0 heterocycles. The summed E-state index contributed by atoms with van der Waals surface area (Å²) in [6, 6.07) is 4.63. The van der Waals surface area contributed by atoms with Crippen molar-refractivity contribution < 1.29 is 13.2 Å². The minimum atomic E-state index is -4.29. The average molecular weight is 287 g/mol. The summed E-state index contributed by atoms with van der Waals surface area (Å²) in [5, 5.41) is 3.16. The predicted molar refractivity (Wildman–Crippen MR) is 78.0 cm³/mol. The van der Waals surface area contributed by atoms with Gasteiger partial charge in [0.15, 0.2) is 0 Å². The summed E-state index contributed by atoms with van der Waals surface area (Å²) < 4.78 is 38.5. The van der Waals surface area contributed by atoms with E-state index in [1.807, 2.05) is 6.92 Å². The Bertz CT molecular complexity index is 413. The van der Waals surface area contributed by atoms with Crippen molar-refractivity contribution in [3.8, 4) is 0 Å². The number of unbranched alkanes of at least 4 members (excludes halogenated alkanes) is 3. The molecule has 4 heteroatoms. The molecule has 0 bridgehead atoms. The first-order valence-corrected chi connectivity index (χ1v) is 7.29. The van der Waals surface area contributed by atoms with E-state index < -0.39 is 11.7 Å². The molecule has 0 spiro atoms. The van der Waals surface area contributed by atoms with E-state index in [-0.39, 0.29) is 11.6 Å². The lowest BCUT2D eigenvalue weighted by Crippen LogP contribution is -2.16. The summed E-state index contributed by atoms with van der Waals surface area (Å²) in [5.74, 6) is 0. The molecule has 0 saturated heterocycles. The number of rotatable bonds is 7. The number of benzene rings is 1. The lowest BCUT2D eigenvalue weighted by atomic mass is 10.1. The number of nitrogens with one attached hydrogen (secondary N) is 1. The summed E-state index contributed by atoms with van der Waals surface area (Å²) in [4.78, 5) is 0. The fourth-order valence-corrected chi connectivity index (χ4v) is 2.25. The van der Waals surface area contributed by atoms with Crippen molar-refractivity contribution in [3.63, 3.8) is 0 Å². The molecule has 0 aliphatic rings. The second kappa shape index (κ2) is 7.55. The van der Waals surface area contributed by atoms with E-state index in [9.17, 15) is 13.2 Å². The molecule has 0 aliphatic heterocycles. The van der Waals surface area contributed by atoms with Crippen molar-refractivity contribution in [1.29, 1.82) is 0 Å². The third kappa shape index (κ3) is 5.43. The highest BCUT2D eigenvalue weighted by Crippen LogP contribution is 2.33. The summed E-state index contributed by atoms with van der Waals surface area (Å²) in [5.41, 5.74) is 0.255. The molecule has 20 heavy (non-hydrogen) atoms. The monoisotopic (exact) mass is 287 g/mol. The smallest absolute Gasteiger partial charge is 0.383 e. The van der Waals surface area contributed by atoms with Crippen LogP contribution in [0.3, 0.4) is 0 Å². The summed E-state index contributed by atoms with van der Waals surface area (Å²) in [6.45, 7) is 5.66. The Morgan fingerprint density at radius 3 is 2.45 bits per heavy atom. The maximum Gasteiger partial charge on any atom is 0.416 e. The quantitative estimate of drug-likeness (QED) is 0.626. The highest BCUT2D eigenvalue weighted by molar-refractivity contribution is 5.49. The van der Waals surface area contributed by atoms with Gasteiger partial charge in [-0.15, -0.1) is 0 Å². The maximum absolute atomic E-state index is 12.8. The van der Waals surface area contributed by atoms with E-state index in [0.717, 1.165) is 12.8 Å². The molecule has 1 aromatic rings.